The van der Waals surface area contributed by atoms with Crippen LogP contribution in [0.1, 0.15) is 23.2 Å². The second kappa shape index (κ2) is 6.34. The van der Waals surface area contributed by atoms with E-state index in [0.29, 0.717) is 11.5 Å². The Balaban J connectivity index is 2.40. The van der Waals surface area contributed by atoms with Crippen LogP contribution < -0.4 is 5.43 Å². The summed E-state index contributed by atoms with van der Waals surface area (Å²) in [4.78, 5) is 14.6. The molecule has 0 atom stereocenters. The Hall–Kier alpha value is -1.76. The van der Waals surface area contributed by atoms with Crippen LogP contribution in [0, 0.1) is 0 Å². The zero-order valence-corrected chi connectivity index (χ0v) is 12.8. The molecule has 2 N–H and O–H groups in total. The number of halogens is 3. The summed E-state index contributed by atoms with van der Waals surface area (Å²) in [6, 6.07) is 3.42. The van der Waals surface area contributed by atoms with Crippen molar-refractivity contribution in [3.05, 3.63) is 45.0 Å². The van der Waals surface area contributed by atoms with Crippen molar-refractivity contribution in [2.24, 2.45) is 5.10 Å². The summed E-state index contributed by atoms with van der Waals surface area (Å²) in [5, 5.41) is 12.6. The lowest BCUT2D eigenvalue weighted by Gasteiger charge is -2.10. The maximum atomic E-state index is 11.0. The van der Waals surface area contributed by atoms with E-state index >= 15 is 0 Å². The van der Waals surface area contributed by atoms with Crippen molar-refractivity contribution in [3.8, 4) is 0 Å². The van der Waals surface area contributed by atoms with Gasteiger partial charge in [-0.3, -0.25) is 5.43 Å². The number of pyridine rings is 1. The van der Waals surface area contributed by atoms with Crippen LogP contribution in [0.2, 0.25) is 15.2 Å². The van der Waals surface area contributed by atoms with E-state index in [1.807, 2.05) is 0 Å². The first kappa shape index (κ1) is 15.6. The first-order valence-corrected chi connectivity index (χ1v) is 6.67. The number of furan rings is 1. The number of hydrogen-bond acceptors (Lipinski definition) is 5. The van der Waals surface area contributed by atoms with Crippen molar-refractivity contribution >= 4 is 52.2 Å². The smallest absolute Gasteiger partial charge is 0.356 e. The molecular formula is C12H8Cl3N3O3. The summed E-state index contributed by atoms with van der Waals surface area (Å²) in [5.74, 6) is -0.790. The lowest BCUT2D eigenvalue weighted by Crippen LogP contribution is -2.06. The summed E-state index contributed by atoms with van der Waals surface area (Å²) in [7, 11) is 0. The van der Waals surface area contributed by atoms with Crippen molar-refractivity contribution in [1.82, 2.24) is 4.98 Å². The van der Waals surface area contributed by atoms with Gasteiger partial charge in [-0.05, 0) is 19.1 Å². The lowest BCUT2D eigenvalue weighted by atomic mass is 10.3. The molecule has 0 amide bonds. The number of nitrogens with one attached hydrogen (secondary N) is 1. The molecule has 0 saturated heterocycles. The second-order valence-corrected chi connectivity index (χ2v) is 4.96. The third-order valence-electron chi connectivity index (χ3n) is 2.45. The normalized spacial score (nSPS) is 11.5. The zero-order chi connectivity index (χ0) is 15.6. The van der Waals surface area contributed by atoms with E-state index in [9.17, 15) is 4.79 Å². The molecule has 0 aromatic carbocycles. The van der Waals surface area contributed by atoms with Gasteiger partial charge in [0.05, 0.1) is 12.0 Å². The quantitative estimate of drug-likeness (QED) is 0.492. The Kier molecular flexibility index (Phi) is 4.72. The minimum Gasteiger partial charge on any atom is -0.476 e. The predicted molar refractivity (Wildman–Crippen MR) is 80.8 cm³/mol. The highest BCUT2D eigenvalue weighted by Crippen LogP contribution is 2.36. The number of nitrogens with zero attached hydrogens (tertiary/aromatic N) is 2. The molecule has 0 saturated carbocycles. The summed E-state index contributed by atoms with van der Waals surface area (Å²) in [6.07, 6.45) is 1.50. The van der Waals surface area contributed by atoms with E-state index in [0.717, 1.165) is 0 Å². The Bertz CT molecular complexity index is 714. The van der Waals surface area contributed by atoms with Crippen LogP contribution in [0.3, 0.4) is 0 Å². The van der Waals surface area contributed by atoms with E-state index in [4.69, 9.17) is 44.3 Å². The highest BCUT2D eigenvalue weighted by molar-refractivity contribution is 6.46. The van der Waals surface area contributed by atoms with Crippen LogP contribution in [0.25, 0.3) is 0 Å². The van der Waals surface area contributed by atoms with Gasteiger partial charge in [0.2, 0.25) is 0 Å². The van der Waals surface area contributed by atoms with Gasteiger partial charge >= 0.3 is 5.97 Å². The van der Waals surface area contributed by atoms with Gasteiger partial charge in [-0.2, -0.15) is 5.10 Å². The molecule has 21 heavy (non-hydrogen) atoms. The molecule has 0 aliphatic carbocycles. The van der Waals surface area contributed by atoms with Gasteiger partial charge in [-0.1, -0.05) is 34.8 Å². The highest BCUT2D eigenvalue weighted by Gasteiger charge is 2.20. The number of carboxylic acids is 1. The zero-order valence-electron chi connectivity index (χ0n) is 10.5. The molecule has 0 aliphatic heterocycles. The van der Waals surface area contributed by atoms with Crippen LogP contribution in [-0.4, -0.2) is 21.8 Å². The third-order valence-corrected chi connectivity index (χ3v) is 3.56. The van der Waals surface area contributed by atoms with Crippen LogP contribution >= 0.6 is 34.8 Å². The van der Waals surface area contributed by atoms with Crippen molar-refractivity contribution in [2.75, 3.05) is 5.43 Å². The summed E-state index contributed by atoms with van der Waals surface area (Å²) in [6.45, 7) is 1.69. The largest absolute Gasteiger partial charge is 0.476 e. The lowest BCUT2D eigenvalue weighted by molar-refractivity contribution is 0.0691. The second-order valence-electron chi connectivity index (χ2n) is 3.85. The highest BCUT2D eigenvalue weighted by atomic mass is 35.5. The number of aromatic nitrogens is 1. The molecule has 2 aromatic rings. The summed E-state index contributed by atoms with van der Waals surface area (Å²) < 4.78 is 5.16. The molecule has 0 radical (unpaired) electrons. The third kappa shape index (κ3) is 3.29. The van der Waals surface area contributed by atoms with Crippen LogP contribution in [0.15, 0.2) is 27.9 Å². The number of hydrogen-bond donors (Lipinski definition) is 2. The number of aromatic carboxylic acids is 1. The maximum Gasteiger partial charge on any atom is 0.356 e. The fourth-order valence-corrected chi connectivity index (χ4v) is 2.10. The van der Waals surface area contributed by atoms with E-state index in [2.05, 4.69) is 15.5 Å². The Morgan fingerprint density at radius 1 is 1.38 bits per heavy atom. The molecule has 9 heteroatoms. The first-order chi connectivity index (χ1) is 9.91. The van der Waals surface area contributed by atoms with Crippen molar-refractivity contribution < 1.29 is 14.3 Å². The maximum absolute atomic E-state index is 11.0. The van der Waals surface area contributed by atoms with Gasteiger partial charge in [0.15, 0.2) is 10.8 Å². The Morgan fingerprint density at radius 2 is 2.10 bits per heavy atom. The molecule has 0 unspecified atom stereocenters. The number of hydrazone groups is 1. The molecule has 6 nitrogen and oxygen atoms in total. The van der Waals surface area contributed by atoms with Gasteiger partial charge in [-0.25, -0.2) is 9.78 Å². The van der Waals surface area contributed by atoms with E-state index in [1.54, 1.807) is 19.1 Å². The average Bonchev–Trinajstić information content (AvgIpc) is 2.96. The van der Waals surface area contributed by atoms with Gasteiger partial charge in [0.25, 0.3) is 0 Å². The molecule has 0 bridgehead atoms. The molecule has 2 heterocycles. The summed E-state index contributed by atoms with van der Waals surface area (Å²) >= 11 is 17.7. The van der Waals surface area contributed by atoms with Crippen LogP contribution in [0.5, 0.6) is 0 Å². The van der Waals surface area contributed by atoms with Gasteiger partial charge in [0.1, 0.15) is 21.5 Å². The first-order valence-electron chi connectivity index (χ1n) is 5.53. The number of carbonyl (C=O) groups is 1. The van der Waals surface area contributed by atoms with Crippen LogP contribution in [0.4, 0.5) is 5.69 Å². The fourth-order valence-electron chi connectivity index (χ4n) is 1.43. The Morgan fingerprint density at radius 3 is 2.67 bits per heavy atom. The molecular weight excluding hydrogens is 341 g/mol. The van der Waals surface area contributed by atoms with Crippen LogP contribution in [-0.2, 0) is 0 Å². The van der Waals surface area contributed by atoms with Crippen molar-refractivity contribution in [1.29, 1.82) is 0 Å². The Labute approximate surface area is 134 Å². The topological polar surface area (TPSA) is 87.7 Å². The molecule has 0 fully saturated rings. The minimum atomic E-state index is -1.33. The van der Waals surface area contributed by atoms with Gasteiger partial charge in [-0.15, -0.1) is 0 Å². The SMILES string of the molecule is C/C(=N\Nc1c(Cl)c(Cl)nc(C(=O)O)c1Cl)c1ccco1. The van der Waals surface area contributed by atoms with Crippen molar-refractivity contribution in [2.45, 2.75) is 6.92 Å². The fraction of sp³-hybridized carbons (Fsp3) is 0.0833. The number of anilines is 1. The number of carboxylic acid groups (broad SMARTS) is 1. The molecule has 0 spiro atoms. The molecule has 2 rings (SSSR count). The number of rotatable bonds is 4. The van der Waals surface area contributed by atoms with E-state index in [-0.39, 0.29) is 20.9 Å². The molecule has 0 aliphatic rings. The minimum absolute atomic E-state index is 0.0253. The van der Waals surface area contributed by atoms with Gasteiger partial charge in [0, 0.05) is 0 Å². The van der Waals surface area contributed by atoms with Crippen molar-refractivity contribution in [3.63, 3.8) is 0 Å². The standard InChI is InChI=1S/C12H8Cl3N3O3/c1-5(6-3-2-4-21-6)17-18-9-7(13)10(12(19)20)16-11(15)8(9)14/h2-4H,1H3,(H,16,18)(H,19,20)/b17-5+. The van der Waals surface area contributed by atoms with E-state index in [1.165, 1.54) is 6.26 Å². The average molecular weight is 349 g/mol. The summed E-state index contributed by atoms with van der Waals surface area (Å²) in [5.41, 5.74) is 2.73. The molecule has 110 valence electrons. The monoisotopic (exact) mass is 347 g/mol. The van der Waals surface area contributed by atoms with Gasteiger partial charge < -0.3 is 9.52 Å². The molecule has 2 aromatic heterocycles. The van der Waals surface area contributed by atoms with E-state index < -0.39 is 11.7 Å². The predicted octanol–water partition coefficient (Wildman–Crippen LogP) is 4.17.